The fourth-order valence-electron chi connectivity index (χ4n) is 2.33. The number of nitrogens with zero attached hydrogens (tertiary/aromatic N) is 4. The summed E-state index contributed by atoms with van der Waals surface area (Å²) in [4.78, 5) is 24.3. The molecule has 0 saturated carbocycles. The van der Waals surface area contributed by atoms with Crippen LogP contribution in [0.3, 0.4) is 0 Å². The lowest BCUT2D eigenvalue weighted by Gasteiger charge is -2.14. The number of anilines is 1. The Hall–Kier alpha value is -2.37. The third kappa shape index (κ3) is 4.15. The van der Waals surface area contributed by atoms with Crippen molar-refractivity contribution in [1.29, 1.82) is 0 Å². The Morgan fingerprint density at radius 3 is 2.48 bits per heavy atom. The highest BCUT2D eigenvalue weighted by Gasteiger charge is 2.39. The molecule has 2 heterocycles. The van der Waals surface area contributed by atoms with Crippen molar-refractivity contribution in [2.24, 2.45) is 0 Å². The minimum atomic E-state index is -4.66. The monoisotopic (exact) mass is 451 g/mol. The molecule has 0 fully saturated rings. The number of rotatable bonds is 5. The predicted molar refractivity (Wildman–Crippen MR) is 92.2 cm³/mol. The van der Waals surface area contributed by atoms with E-state index in [9.17, 15) is 22.8 Å². The van der Waals surface area contributed by atoms with Crippen LogP contribution in [0.15, 0.2) is 10.7 Å². The second-order valence-electron chi connectivity index (χ2n) is 5.59. The molecule has 0 aliphatic heterocycles. The van der Waals surface area contributed by atoms with Gasteiger partial charge in [0.25, 0.3) is 0 Å². The smallest absolute Gasteiger partial charge is 0.436 e. The zero-order valence-electron chi connectivity index (χ0n) is 14.9. The second kappa shape index (κ2) is 7.71. The van der Waals surface area contributed by atoms with E-state index in [0.29, 0.717) is 6.54 Å². The van der Waals surface area contributed by atoms with Gasteiger partial charge in [0.05, 0.1) is 23.0 Å². The van der Waals surface area contributed by atoms with Gasteiger partial charge in [-0.05, 0) is 36.7 Å². The van der Waals surface area contributed by atoms with Crippen LogP contribution in [-0.2, 0) is 22.3 Å². The molecule has 0 aromatic carbocycles. The minimum absolute atomic E-state index is 0.0977. The summed E-state index contributed by atoms with van der Waals surface area (Å²) in [6.45, 7) is 5.02. The molecule has 1 N–H and O–H groups in total. The molecule has 0 spiro atoms. The van der Waals surface area contributed by atoms with E-state index in [1.165, 1.54) is 31.8 Å². The first kappa shape index (κ1) is 20.9. The molecule has 1 amide bonds. The Morgan fingerprint density at radius 1 is 1.37 bits per heavy atom. The van der Waals surface area contributed by atoms with Crippen LogP contribution in [0.1, 0.15) is 41.8 Å². The zero-order chi connectivity index (χ0) is 20.5. The SMILES string of the molecule is CCn1cc(NC(=O)[C@H](C)n2nc(C(F)(F)F)c(Br)c2C)c(C(=O)OC)n1. The lowest BCUT2D eigenvalue weighted by Crippen LogP contribution is -2.26. The van der Waals surface area contributed by atoms with E-state index < -0.39 is 29.8 Å². The number of aromatic nitrogens is 4. The molecule has 2 aromatic heterocycles. The molecule has 0 aliphatic carbocycles. The highest BCUT2D eigenvalue weighted by molar-refractivity contribution is 9.10. The van der Waals surface area contributed by atoms with Crippen LogP contribution in [0.2, 0.25) is 0 Å². The lowest BCUT2D eigenvalue weighted by molar-refractivity contribution is -0.142. The molecule has 8 nitrogen and oxygen atoms in total. The van der Waals surface area contributed by atoms with E-state index in [-0.39, 0.29) is 21.5 Å². The van der Waals surface area contributed by atoms with Crippen LogP contribution in [0.5, 0.6) is 0 Å². The molecule has 2 aromatic rings. The number of halogens is 4. The largest absolute Gasteiger partial charge is 0.464 e. The topological polar surface area (TPSA) is 91.0 Å². The number of esters is 1. The summed E-state index contributed by atoms with van der Waals surface area (Å²) >= 11 is 2.86. The van der Waals surface area contributed by atoms with Gasteiger partial charge in [0, 0.05) is 12.7 Å². The molecule has 0 saturated heterocycles. The molecule has 2 rings (SSSR count). The first-order chi connectivity index (χ1) is 12.5. The van der Waals surface area contributed by atoms with Gasteiger partial charge >= 0.3 is 12.1 Å². The highest BCUT2D eigenvalue weighted by Crippen LogP contribution is 2.36. The average molecular weight is 452 g/mol. The van der Waals surface area contributed by atoms with Gasteiger partial charge in [-0.15, -0.1) is 0 Å². The molecule has 0 unspecified atom stereocenters. The Labute approximate surface area is 160 Å². The number of carbonyl (C=O) groups excluding carboxylic acids is 2. The van der Waals surface area contributed by atoms with Crippen LogP contribution in [-0.4, -0.2) is 38.5 Å². The first-order valence-corrected chi connectivity index (χ1v) is 8.58. The van der Waals surface area contributed by atoms with E-state index in [2.05, 4.69) is 36.2 Å². The van der Waals surface area contributed by atoms with Crippen molar-refractivity contribution in [2.75, 3.05) is 12.4 Å². The van der Waals surface area contributed by atoms with Crippen molar-refractivity contribution in [2.45, 2.75) is 39.5 Å². The number of amides is 1. The molecule has 0 radical (unpaired) electrons. The zero-order valence-corrected chi connectivity index (χ0v) is 16.5. The molecule has 0 bridgehead atoms. The van der Waals surface area contributed by atoms with E-state index in [1.807, 2.05) is 0 Å². The van der Waals surface area contributed by atoms with E-state index in [4.69, 9.17) is 0 Å². The number of nitrogens with one attached hydrogen (secondary N) is 1. The van der Waals surface area contributed by atoms with Gasteiger partial charge in [-0.25, -0.2) is 4.79 Å². The van der Waals surface area contributed by atoms with Crippen LogP contribution < -0.4 is 5.32 Å². The second-order valence-corrected chi connectivity index (χ2v) is 6.39. The summed E-state index contributed by atoms with van der Waals surface area (Å²) in [6.07, 6.45) is -3.23. The summed E-state index contributed by atoms with van der Waals surface area (Å²) in [5.74, 6) is -1.41. The van der Waals surface area contributed by atoms with Gasteiger partial charge in [-0.3, -0.25) is 14.2 Å². The molecule has 0 aliphatic rings. The molecule has 148 valence electrons. The first-order valence-electron chi connectivity index (χ1n) is 7.79. The molecule has 12 heteroatoms. The molecular formula is C15H17BrF3N5O3. The van der Waals surface area contributed by atoms with Crippen molar-refractivity contribution in [1.82, 2.24) is 19.6 Å². The van der Waals surface area contributed by atoms with E-state index in [0.717, 1.165) is 4.68 Å². The Balaban J connectivity index is 2.32. The number of hydrogen-bond donors (Lipinski definition) is 1. The summed E-state index contributed by atoms with van der Waals surface area (Å²) in [7, 11) is 1.17. The van der Waals surface area contributed by atoms with Crippen LogP contribution in [0.4, 0.5) is 18.9 Å². The summed E-state index contributed by atoms with van der Waals surface area (Å²) in [6, 6.07) is -1.08. The fourth-order valence-corrected chi connectivity index (χ4v) is 2.81. The Morgan fingerprint density at radius 2 is 2.00 bits per heavy atom. The number of hydrogen-bond acceptors (Lipinski definition) is 5. The summed E-state index contributed by atoms with van der Waals surface area (Å²) < 4.78 is 45.8. The van der Waals surface area contributed by atoms with E-state index >= 15 is 0 Å². The maximum absolute atomic E-state index is 13.0. The highest BCUT2D eigenvalue weighted by atomic mass is 79.9. The maximum atomic E-state index is 13.0. The number of alkyl halides is 3. The standard InChI is InChI=1S/C15H17BrF3N5O3/c1-5-23-6-9(11(21-23)14(26)27-4)20-13(25)8(3)24-7(2)10(16)12(22-24)15(17,18)19/h6,8H,5H2,1-4H3,(H,20,25)/t8-/m0/s1. The normalized spacial score (nSPS) is 12.7. The van der Waals surface area contributed by atoms with Crippen molar-refractivity contribution in [3.05, 3.63) is 27.8 Å². The lowest BCUT2D eigenvalue weighted by atomic mass is 10.2. The predicted octanol–water partition coefficient (Wildman–Crippen LogP) is 3.18. The third-order valence-electron chi connectivity index (χ3n) is 3.81. The number of ether oxygens (including phenoxy) is 1. The van der Waals surface area contributed by atoms with Crippen molar-refractivity contribution >= 4 is 33.5 Å². The Bertz CT molecular complexity index is 875. The van der Waals surface area contributed by atoms with Crippen LogP contribution in [0.25, 0.3) is 0 Å². The van der Waals surface area contributed by atoms with Gasteiger partial charge in [-0.1, -0.05) is 0 Å². The fraction of sp³-hybridized carbons (Fsp3) is 0.467. The van der Waals surface area contributed by atoms with Gasteiger partial charge in [0.2, 0.25) is 5.91 Å². The quantitative estimate of drug-likeness (QED) is 0.704. The maximum Gasteiger partial charge on any atom is 0.436 e. The van der Waals surface area contributed by atoms with Crippen molar-refractivity contribution in [3.63, 3.8) is 0 Å². The third-order valence-corrected chi connectivity index (χ3v) is 4.76. The summed E-state index contributed by atoms with van der Waals surface area (Å²) in [5, 5.41) is 10.0. The van der Waals surface area contributed by atoms with Gasteiger partial charge < -0.3 is 10.1 Å². The molecular weight excluding hydrogens is 435 g/mol. The van der Waals surface area contributed by atoms with Crippen LogP contribution >= 0.6 is 15.9 Å². The number of carbonyl (C=O) groups is 2. The summed E-state index contributed by atoms with van der Waals surface area (Å²) in [5.41, 5.74) is -0.981. The Kier molecular flexibility index (Phi) is 5.97. The van der Waals surface area contributed by atoms with Gasteiger partial charge in [0.15, 0.2) is 11.4 Å². The van der Waals surface area contributed by atoms with Crippen molar-refractivity contribution < 1.29 is 27.5 Å². The van der Waals surface area contributed by atoms with Gasteiger partial charge in [0.1, 0.15) is 6.04 Å². The van der Waals surface area contributed by atoms with Gasteiger partial charge in [-0.2, -0.15) is 23.4 Å². The van der Waals surface area contributed by atoms with E-state index in [1.54, 1.807) is 6.92 Å². The molecule has 1 atom stereocenters. The number of aryl methyl sites for hydroxylation is 1. The minimum Gasteiger partial charge on any atom is -0.464 e. The average Bonchev–Trinajstić information content (AvgIpc) is 3.15. The van der Waals surface area contributed by atoms with Crippen molar-refractivity contribution in [3.8, 4) is 0 Å². The number of methoxy groups -OCH3 is 1. The van der Waals surface area contributed by atoms with Crippen LogP contribution in [0, 0.1) is 6.92 Å². The molecule has 27 heavy (non-hydrogen) atoms.